The maximum absolute atomic E-state index is 5.56. The van der Waals surface area contributed by atoms with Crippen molar-refractivity contribution in [2.45, 2.75) is 0 Å². The zero-order valence-corrected chi connectivity index (χ0v) is 13.1. The van der Waals surface area contributed by atoms with Crippen LogP contribution in [0, 0.1) is 0 Å². The molecule has 0 radical (unpaired) electrons. The first kappa shape index (κ1) is 14.8. The smallest absolute Gasteiger partial charge is 0.205 e. The molecule has 5 heteroatoms. The average Bonchev–Trinajstić information content (AvgIpc) is 2.45. The summed E-state index contributed by atoms with van der Waals surface area (Å²) in [7, 11) is 9.48. The highest BCUT2D eigenvalue weighted by molar-refractivity contribution is 5.69. The van der Waals surface area contributed by atoms with Crippen LogP contribution in [0.15, 0.2) is 12.1 Å². The van der Waals surface area contributed by atoms with Crippen LogP contribution in [-0.2, 0) is 0 Å². The summed E-state index contributed by atoms with van der Waals surface area (Å²) in [5.74, 6) is 2.10. The van der Waals surface area contributed by atoms with Gasteiger partial charge in [-0.3, -0.25) is 0 Å². The van der Waals surface area contributed by atoms with Gasteiger partial charge in [0.2, 0.25) is 5.75 Å². The molecule has 1 aliphatic heterocycles. The maximum Gasteiger partial charge on any atom is 0.205 e. The minimum Gasteiger partial charge on any atom is -0.493 e. The molecule has 20 heavy (non-hydrogen) atoms. The number of hydrogen-bond donors (Lipinski definition) is 0. The number of nitrogens with zero attached hydrogens (tertiary/aromatic N) is 2. The Kier molecular flexibility index (Phi) is 4.28. The maximum atomic E-state index is 5.56. The second-order valence-corrected chi connectivity index (χ2v) is 5.72. The van der Waals surface area contributed by atoms with E-state index in [1.807, 2.05) is 12.1 Å². The Labute approximate surface area is 121 Å². The minimum absolute atomic E-state index is 0.659. The number of rotatable bonds is 4. The Morgan fingerprint density at radius 3 is 2.00 bits per heavy atom. The third kappa shape index (κ3) is 2.77. The van der Waals surface area contributed by atoms with Gasteiger partial charge in [0.1, 0.15) is 0 Å². The second kappa shape index (κ2) is 5.79. The van der Waals surface area contributed by atoms with Crippen molar-refractivity contribution in [1.29, 1.82) is 0 Å². The quantitative estimate of drug-likeness (QED) is 0.785. The fourth-order valence-electron chi connectivity index (χ4n) is 2.58. The molecule has 0 amide bonds. The van der Waals surface area contributed by atoms with Gasteiger partial charge in [-0.05, 0) is 12.1 Å². The average molecular weight is 281 g/mol. The first-order chi connectivity index (χ1) is 9.52. The van der Waals surface area contributed by atoms with Gasteiger partial charge in [-0.2, -0.15) is 0 Å². The normalized spacial score (nSPS) is 17.8. The van der Waals surface area contributed by atoms with Gasteiger partial charge >= 0.3 is 0 Å². The Hall–Kier alpha value is -1.62. The lowest BCUT2D eigenvalue weighted by molar-refractivity contribution is -0.890. The van der Waals surface area contributed by atoms with E-state index >= 15 is 0 Å². The lowest BCUT2D eigenvalue weighted by Crippen LogP contribution is -2.54. The van der Waals surface area contributed by atoms with E-state index in [1.165, 1.54) is 0 Å². The first-order valence-electron chi connectivity index (χ1n) is 6.88. The molecule has 0 spiro atoms. The summed E-state index contributed by atoms with van der Waals surface area (Å²) in [6, 6.07) is 3.98. The Morgan fingerprint density at radius 2 is 1.50 bits per heavy atom. The van der Waals surface area contributed by atoms with Gasteiger partial charge < -0.3 is 23.6 Å². The van der Waals surface area contributed by atoms with E-state index in [4.69, 9.17) is 14.2 Å². The summed E-state index contributed by atoms with van der Waals surface area (Å²) in [5.41, 5.74) is 1.07. The molecule has 0 saturated carbocycles. The van der Waals surface area contributed by atoms with Gasteiger partial charge in [-0.1, -0.05) is 0 Å². The summed E-state index contributed by atoms with van der Waals surface area (Å²) >= 11 is 0. The van der Waals surface area contributed by atoms with E-state index in [9.17, 15) is 0 Å². The van der Waals surface area contributed by atoms with Gasteiger partial charge in [0.15, 0.2) is 11.5 Å². The van der Waals surface area contributed by atoms with E-state index in [0.29, 0.717) is 11.5 Å². The highest BCUT2D eigenvalue weighted by Gasteiger charge is 2.27. The Balaban J connectivity index is 2.33. The fraction of sp³-hybridized carbons (Fsp3) is 0.600. The molecule has 0 unspecified atom stereocenters. The van der Waals surface area contributed by atoms with Gasteiger partial charge in [0.05, 0.1) is 67.3 Å². The fourth-order valence-corrected chi connectivity index (χ4v) is 2.58. The molecule has 1 aliphatic rings. The van der Waals surface area contributed by atoms with Crippen LogP contribution >= 0.6 is 0 Å². The number of anilines is 1. The topological polar surface area (TPSA) is 30.9 Å². The number of hydrogen-bond acceptors (Lipinski definition) is 4. The Bertz CT molecular complexity index is 464. The number of quaternary nitrogens is 1. The van der Waals surface area contributed by atoms with E-state index < -0.39 is 0 Å². The molecule has 2 rings (SSSR count). The standard InChI is InChI=1S/C15H25N2O3/c1-17(2)10-8-16(9-11-17)12-6-7-13(18-3)15(20-5)14(12)19-4/h6-7H,8-11H2,1-5H3/q+1. The van der Waals surface area contributed by atoms with Crippen molar-refractivity contribution in [3.8, 4) is 17.2 Å². The van der Waals surface area contributed by atoms with E-state index in [0.717, 1.165) is 42.1 Å². The van der Waals surface area contributed by atoms with Crippen LogP contribution in [0.2, 0.25) is 0 Å². The summed E-state index contributed by atoms with van der Waals surface area (Å²) in [6.07, 6.45) is 0. The molecule has 0 N–H and O–H groups in total. The summed E-state index contributed by atoms with van der Waals surface area (Å²) in [4.78, 5) is 2.35. The molecular weight excluding hydrogens is 256 g/mol. The van der Waals surface area contributed by atoms with Gasteiger partial charge in [0.25, 0.3) is 0 Å². The van der Waals surface area contributed by atoms with Crippen molar-refractivity contribution in [3.05, 3.63) is 12.1 Å². The molecule has 112 valence electrons. The SMILES string of the molecule is COc1ccc(N2CC[N+](C)(C)CC2)c(OC)c1OC. The molecule has 5 nitrogen and oxygen atoms in total. The minimum atomic E-state index is 0.659. The molecule has 1 heterocycles. The highest BCUT2D eigenvalue weighted by atomic mass is 16.5. The van der Waals surface area contributed by atoms with Crippen molar-refractivity contribution in [2.24, 2.45) is 0 Å². The van der Waals surface area contributed by atoms with Crippen LogP contribution in [0.3, 0.4) is 0 Å². The van der Waals surface area contributed by atoms with E-state index in [1.54, 1.807) is 21.3 Å². The van der Waals surface area contributed by atoms with Crippen molar-refractivity contribution in [2.75, 3.05) is 66.5 Å². The number of likely N-dealkylation sites (N-methyl/N-ethyl adjacent to an activating group) is 1. The largest absolute Gasteiger partial charge is 0.493 e. The van der Waals surface area contributed by atoms with Crippen LogP contribution in [0.5, 0.6) is 17.2 Å². The lowest BCUT2D eigenvalue weighted by atomic mass is 10.2. The van der Waals surface area contributed by atoms with Crippen LogP contribution in [0.25, 0.3) is 0 Å². The van der Waals surface area contributed by atoms with Crippen molar-refractivity contribution >= 4 is 5.69 Å². The van der Waals surface area contributed by atoms with Crippen LogP contribution in [0.4, 0.5) is 5.69 Å². The highest BCUT2D eigenvalue weighted by Crippen LogP contribution is 2.44. The number of ether oxygens (including phenoxy) is 3. The predicted octanol–water partition coefficient (Wildman–Crippen LogP) is 1.61. The third-order valence-electron chi connectivity index (χ3n) is 3.97. The number of piperazine rings is 1. The van der Waals surface area contributed by atoms with Crippen molar-refractivity contribution in [1.82, 2.24) is 0 Å². The lowest BCUT2D eigenvalue weighted by Gasteiger charge is -2.40. The van der Waals surface area contributed by atoms with Crippen LogP contribution in [0.1, 0.15) is 0 Å². The van der Waals surface area contributed by atoms with Crippen molar-refractivity contribution < 1.29 is 18.7 Å². The molecule has 1 aromatic carbocycles. The molecule has 0 bridgehead atoms. The third-order valence-corrected chi connectivity index (χ3v) is 3.97. The molecule has 1 fully saturated rings. The van der Waals surface area contributed by atoms with E-state index in [2.05, 4.69) is 19.0 Å². The molecular formula is C15H25N2O3+. The molecule has 0 aromatic heterocycles. The van der Waals surface area contributed by atoms with E-state index in [-0.39, 0.29) is 0 Å². The monoisotopic (exact) mass is 281 g/mol. The summed E-state index contributed by atoms with van der Waals surface area (Å²) in [5, 5.41) is 0. The molecule has 0 aliphatic carbocycles. The zero-order chi connectivity index (χ0) is 14.8. The second-order valence-electron chi connectivity index (χ2n) is 5.72. The number of benzene rings is 1. The van der Waals surface area contributed by atoms with Crippen molar-refractivity contribution in [3.63, 3.8) is 0 Å². The number of methoxy groups -OCH3 is 3. The summed E-state index contributed by atoms with van der Waals surface area (Å²) < 4.78 is 17.4. The van der Waals surface area contributed by atoms with Gasteiger partial charge in [-0.25, -0.2) is 0 Å². The van der Waals surface area contributed by atoms with Gasteiger partial charge in [0, 0.05) is 0 Å². The van der Waals surface area contributed by atoms with Gasteiger partial charge in [-0.15, -0.1) is 0 Å². The molecule has 1 saturated heterocycles. The summed E-state index contributed by atoms with van der Waals surface area (Å²) in [6.45, 7) is 4.27. The van der Waals surface area contributed by atoms with Crippen LogP contribution in [-0.4, -0.2) is 66.1 Å². The Morgan fingerprint density at radius 1 is 0.900 bits per heavy atom. The first-order valence-corrected chi connectivity index (χ1v) is 6.88. The molecule has 0 atom stereocenters. The van der Waals surface area contributed by atoms with Crippen LogP contribution < -0.4 is 19.1 Å². The predicted molar refractivity (Wildman–Crippen MR) is 80.2 cm³/mol. The zero-order valence-electron chi connectivity index (χ0n) is 13.1. The molecule has 1 aromatic rings.